The van der Waals surface area contributed by atoms with Gasteiger partial charge >= 0.3 is 0 Å². The maximum Gasteiger partial charge on any atom is 0.289 e. The third kappa shape index (κ3) is 3.59. The Labute approximate surface area is 154 Å². The zero-order chi connectivity index (χ0) is 18.6. The summed E-state index contributed by atoms with van der Waals surface area (Å²) in [5.74, 6) is -0.734. The molecule has 2 N–H and O–H groups in total. The summed E-state index contributed by atoms with van der Waals surface area (Å²) in [7, 11) is 0. The highest BCUT2D eigenvalue weighted by Crippen LogP contribution is 2.27. The van der Waals surface area contributed by atoms with Gasteiger partial charge in [-0.05, 0) is 34.5 Å². The Morgan fingerprint density at radius 3 is 2.67 bits per heavy atom. The quantitative estimate of drug-likeness (QED) is 0.425. The fourth-order valence-electron chi connectivity index (χ4n) is 2.80. The number of hydrogen-bond donors (Lipinski definition) is 2. The lowest BCUT2D eigenvalue weighted by molar-refractivity contribution is 0.0950. The fraction of sp³-hybridized carbons (Fsp3) is 0. The molecule has 1 amide bonds. The van der Waals surface area contributed by atoms with Gasteiger partial charge in [-0.2, -0.15) is 10.2 Å². The molecule has 4 rings (SSSR count). The van der Waals surface area contributed by atoms with E-state index in [-0.39, 0.29) is 5.82 Å². The normalized spacial score (nSPS) is 11.1. The van der Waals surface area contributed by atoms with Crippen LogP contribution < -0.4 is 5.43 Å². The summed E-state index contributed by atoms with van der Waals surface area (Å²) in [5.41, 5.74) is 5.03. The molecule has 5 nitrogen and oxygen atoms in total. The van der Waals surface area contributed by atoms with E-state index in [2.05, 4.69) is 20.7 Å². The number of hydrogen-bond acceptors (Lipinski definition) is 3. The van der Waals surface area contributed by atoms with E-state index in [0.29, 0.717) is 17.0 Å². The first kappa shape index (κ1) is 16.7. The van der Waals surface area contributed by atoms with E-state index in [0.717, 1.165) is 16.3 Å². The van der Waals surface area contributed by atoms with E-state index in [1.54, 1.807) is 18.2 Å². The molecule has 1 heterocycles. The molecule has 0 bridgehead atoms. The van der Waals surface area contributed by atoms with Crippen LogP contribution in [0.5, 0.6) is 0 Å². The third-order valence-electron chi connectivity index (χ3n) is 4.14. The minimum Gasteiger partial charge on any atom is -0.272 e. The predicted octanol–water partition coefficient (Wildman–Crippen LogP) is 4.13. The number of nitrogens with zero attached hydrogens (tertiary/aromatic N) is 2. The van der Waals surface area contributed by atoms with Crippen molar-refractivity contribution in [1.82, 2.24) is 15.6 Å². The lowest BCUT2D eigenvalue weighted by atomic mass is 10.0. The number of amides is 1. The van der Waals surface area contributed by atoms with E-state index in [1.807, 2.05) is 42.5 Å². The first-order valence-corrected chi connectivity index (χ1v) is 8.33. The second kappa shape index (κ2) is 7.21. The number of rotatable bonds is 4. The summed E-state index contributed by atoms with van der Waals surface area (Å²) in [6.07, 6.45) is 1.44. The van der Waals surface area contributed by atoms with Crippen molar-refractivity contribution >= 4 is 22.9 Å². The van der Waals surface area contributed by atoms with Gasteiger partial charge in [0.1, 0.15) is 11.5 Å². The summed E-state index contributed by atoms with van der Waals surface area (Å²) in [5, 5.41) is 13.0. The van der Waals surface area contributed by atoms with Gasteiger partial charge in [0.15, 0.2) is 0 Å². The number of benzene rings is 3. The van der Waals surface area contributed by atoms with Crippen LogP contribution >= 0.6 is 0 Å². The molecule has 0 atom stereocenters. The van der Waals surface area contributed by atoms with Crippen molar-refractivity contribution in [3.8, 4) is 11.3 Å². The van der Waals surface area contributed by atoms with Crippen LogP contribution in [0.15, 0.2) is 77.9 Å². The molecule has 0 radical (unpaired) electrons. The molecule has 27 heavy (non-hydrogen) atoms. The van der Waals surface area contributed by atoms with E-state index in [4.69, 9.17) is 0 Å². The van der Waals surface area contributed by atoms with Crippen molar-refractivity contribution < 1.29 is 9.18 Å². The van der Waals surface area contributed by atoms with Crippen LogP contribution in [0.1, 0.15) is 16.1 Å². The van der Waals surface area contributed by atoms with Gasteiger partial charge in [-0.25, -0.2) is 9.82 Å². The van der Waals surface area contributed by atoms with Crippen molar-refractivity contribution in [2.45, 2.75) is 0 Å². The standard InChI is InChI=1S/C21H15FN4O/c22-16-10-8-14(9-11-16)13-23-26-21(27)20-12-19(24-25-20)18-7-3-5-15-4-1-2-6-17(15)18/h1-13H,(H,24,25)(H,26,27). The van der Waals surface area contributed by atoms with Gasteiger partial charge in [0.05, 0.1) is 11.9 Å². The maximum atomic E-state index is 12.9. The molecule has 0 aliphatic rings. The Kier molecular flexibility index (Phi) is 4.45. The highest BCUT2D eigenvalue weighted by atomic mass is 19.1. The van der Waals surface area contributed by atoms with Crippen LogP contribution in [0.4, 0.5) is 4.39 Å². The Morgan fingerprint density at radius 2 is 1.81 bits per heavy atom. The Bertz CT molecular complexity index is 1130. The van der Waals surface area contributed by atoms with Crippen LogP contribution in [0.25, 0.3) is 22.0 Å². The Balaban J connectivity index is 1.52. The second-order valence-electron chi connectivity index (χ2n) is 5.94. The molecule has 0 saturated heterocycles. The molecule has 4 aromatic rings. The van der Waals surface area contributed by atoms with E-state index in [9.17, 15) is 9.18 Å². The first-order valence-electron chi connectivity index (χ1n) is 8.33. The minimum atomic E-state index is -0.410. The molecule has 0 aliphatic carbocycles. The first-order chi connectivity index (χ1) is 13.2. The average Bonchev–Trinajstić information content (AvgIpc) is 3.19. The second-order valence-corrected chi connectivity index (χ2v) is 5.94. The van der Waals surface area contributed by atoms with E-state index >= 15 is 0 Å². The number of carbonyl (C=O) groups is 1. The number of aromatic amines is 1. The zero-order valence-electron chi connectivity index (χ0n) is 14.2. The van der Waals surface area contributed by atoms with Crippen LogP contribution in [0.3, 0.4) is 0 Å². The fourth-order valence-corrected chi connectivity index (χ4v) is 2.80. The number of nitrogens with one attached hydrogen (secondary N) is 2. The summed E-state index contributed by atoms with van der Waals surface area (Å²) < 4.78 is 12.9. The van der Waals surface area contributed by atoms with Gasteiger partial charge in [0.25, 0.3) is 5.91 Å². The lowest BCUT2D eigenvalue weighted by Gasteiger charge is -2.02. The number of fused-ring (bicyclic) bond motifs is 1. The molecule has 0 saturated carbocycles. The summed E-state index contributed by atoms with van der Waals surface area (Å²) in [6, 6.07) is 21.4. The largest absolute Gasteiger partial charge is 0.289 e. The zero-order valence-corrected chi connectivity index (χ0v) is 14.2. The van der Waals surface area contributed by atoms with Crippen molar-refractivity contribution in [2.75, 3.05) is 0 Å². The number of carbonyl (C=O) groups excluding carboxylic acids is 1. The van der Waals surface area contributed by atoms with Crippen LogP contribution in [0.2, 0.25) is 0 Å². The highest BCUT2D eigenvalue weighted by Gasteiger charge is 2.12. The molecule has 3 aromatic carbocycles. The molecular formula is C21H15FN4O. The van der Waals surface area contributed by atoms with Crippen LogP contribution in [-0.2, 0) is 0 Å². The molecule has 132 valence electrons. The summed E-state index contributed by atoms with van der Waals surface area (Å²) >= 11 is 0. The van der Waals surface area contributed by atoms with Crippen LogP contribution in [-0.4, -0.2) is 22.3 Å². The number of H-pyrrole nitrogens is 1. The number of hydrazone groups is 1. The number of aromatic nitrogens is 2. The summed E-state index contributed by atoms with van der Waals surface area (Å²) in [6.45, 7) is 0. The van der Waals surface area contributed by atoms with Gasteiger partial charge in [-0.15, -0.1) is 0 Å². The molecule has 0 unspecified atom stereocenters. The van der Waals surface area contributed by atoms with Crippen molar-refractivity contribution in [1.29, 1.82) is 0 Å². The monoisotopic (exact) mass is 358 g/mol. The van der Waals surface area contributed by atoms with Gasteiger partial charge < -0.3 is 0 Å². The predicted molar refractivity (Wildman–Crippen MR) is 103 cm³/mol. The molecular weight excluding hydrogens is 343 g/mol. The molecule has 0 spiro atoms. The molecule has 6 heteroatoms. The van der Waals surface area contributed by atoms with E-state index < -0.39 is 5.91 Å². The SMILES string of the molecule is O=C(NN=Cc1ccc(F)cc1)c1cc(-c2cccc3ccccc23)n[nH]1. The number of halogens is 1. The minimum absolute atomic E-state index is 0.300. The summed E-state index contributed by atoms with van der Waals surface area (Å²) in [4.78, 5) is 12.2. The smallest absolute Gasteiger partial charge is 0.272 e. The average molecular weight is 358 g/mol. The molecule has 0 aliphatic heterocycles. The molecule has 0 fully saturated rings. The topological polar surface area (TPSA) is 70.1 Å². The highest BCUT2D eigenvalue weighted by molar-refractivity contribution is 5.98. The van der Waals surface area contributed by atoms with Crippen molar-refractivity contribution in [2.24, 2.45) is 5.10 Å². The van der Waals surface area contributed by atoms with E-state index in [1.165, 1.54) is 18.3 Å². The van der Waals surface area contributed by atoms with Gasteiger partial charge in [0, 0.05) is 5.56 Å². The lowest BCUT2D eigenvalue weighted by Crippen LogP contribution is -2.17. The van der Waals surface area contributed by atoms with Gasteiger partial charge in [-0.1, -0.05) is 54.6 Å². The molecule has 1 aromatic heterocycles. The Morgan fingerprint density at radius 1 is 1.04 bits per heavy atom. The maximum absolute atomic E-state index is 12.9. The third-order valence-corrected chi connectivity index (χ3v) is 4.14. The van der Waals surface area contributed by atoms with Gasteiger partial charge in [0.2, 0.25) is 0 Å². The Hall–Kier alpha value is -3.80. The van der Waals surface area contributed by atoms with Crippen LogP contribution in [0, 0.1) is 5.82 Å². The van der Waals surface area contributed by atoms with Gasteiger partial charge in [-0.3, -0.25) is 9.89 Å². The van der Waals surface area contributed by atoms with Crippen molar-refractivity contribution in [3.63, 3.8) is 0 Å². The van der Waals surface area contributed by atoms with Crippen molar-refractivity contribution in [3.05, 3.63) is 89.9 Å².